The van der Waals surface area contributed by atoms with Crippen LogP contribution in [-0.2, 0) is 4.43 Å². The first kappa shape index (κ1) is 16.4. The Morgan fingerprint density at radius 2 is 1.29 bits per heavy atom. The standard InChI is InChI=1S/C22H48OSi/c1-7-8-9-10-11-12-13-14-15-16-17-18-19-20-21-23-24(5,6)22(2,3)4/h7-21H2,1-6H3/i10D,11D2,12D2/t10-/m0/s1. The van der Waals surface area contributed by atoms with Gasteiger partial charge in [-0.2, -0.15) is 0 Å². The Morgan fingerprint density at radius 3 is 1.83 bits per heavy atom. The van der Waals surface area contributed by atoms with Gasteiger partial charge in [0, 0.05) is 13.5 Å². The normalized spacial score (nSPS) is 18.3. The Labute approximate surface area is 162 Å². The summed E-state index contributed by atoms with van der Waals surface area (Å²) in [6, 6.07) is 0. The van der Waals surface area contributed by atoms with Crippen LogP contribution in [0.3, 0.4) is 0 Å². The van der Waals surface area contributed by atoms with Gasteiger partial charge in [-0.05, 0) is 24.6 Å². The molecule has 0 aliphatic heterocycles. The summed E-state index contributed by atoms with van der Waals surface area (Å²) in [6.07, 6.45) is 4.68. The van der Waals surface area contributed by atoms with Crippen molar-refractivity contribution in [3.8, 4) is 0 Å². The zero-order valence-corrected chi connectivity index (χ0v) is 18.5. The fraction of sp³-hybridized carbons (Fsp3) is 1.00. The molecule has 0 unspecified atom stereocenters. The summed E-state index contributed by atoms with van der Waals surface area (Å²) in [5.74, 6) is 0. The molecular weight excluding hydrogens is 308 g/mol. The molecule has 0 N–H and O–H groups in total. The molecule has 0 aromatic heterocycles. The summed E-state index contributed by atoms with van der Waals surface area (Å²) < 4.78 is 46.7. The molecule has 0 heterocycles. The zero-order valence-electron chi connectivity index (χ0n) is 22.5. The van der Waals surface area contributed by atoms with Gasteiger partial charge in [0.1, 0.15) is 0 Å². The minimum Gasteiger partial charge on any atom is -0.417 e. The van der Waals surface area contributed by atoms with Gasteiger partial charge in [-0.25, -0.2) is 0 Å². The van der Waals surface area contributed by atoms with E-state index >= 15 is 0 Å². The van der Waals surface area contributed by atoms with Crippen LogP contribution in [0.2, 0.25) is 18.1 Å². The quantitative estimate of drug-likeness (QED) is 0.198. The van der Waals surface area contributed by atoms with Crippen molar-refractivity contribution in [1.82, 2.24) is 0 Å². The highest BCUT2D eigenvalue weighted by molar-refractivity contribution is 6.74. The van der Waals surface area contributed by atoms with Crippen molar-refractivity contribution < 1.29 is 11.3 Å². The van der Waals surface area contributed by atoms with Gasteiger partial charge in [-0.1, -0.05) is 111 Å². The number of rotatable bonds is 16. The predicted molar refractivity (Wildman–Crippen MR) is 113 cm³/mol. The molecule has 0 aromatic carbocycles. The second-order valence-corrected chi connectivity index (χ2v) is 13.3. The van der Waals surface area contributed by atoms with Crippen LogP contribution < -0.4 is 0 Å². The van der Waals surface area contributed by atoms with Gasteiger partial charge >= 0.3 is 0 Å². The van der Waals surface area contributed by atoms with E-state index in [4.69, 9.17) is 11.3 Å². The summed E-state index contributed by atoms with van der Waals surface area (Å²) in [7, 11) is -1.62. The molecule has 0 fully saturated rings. The maximum atomic E-state index is 8.14. The third kappa shape index (κ3) is 13.5. The molecule has 0 radical (unpaired) electrons. The van der Waals surface area contributed by atoms with Gasteiger partial charge in [0.2, 0.25) is 0 Å². The van der Waals surface area contributed by atoms with Crippen LogP contribution >= 0.6 is 0 Å². The minimum atomic E-state index is -2.08. The van der Waals surface area contributed by atoms with E-state index in [0.29, 0.717) is 12.8 Å². The Morgan fingerprint density at radius 1 is 0.750 bits per heavy atom. The van der Waals surface area contributed by atoms with Crippen molar-refractivity contribution in [1.29, 1.82) is 0 Å². The van der Waals surface area contributed by atoms with Crippen LogP contribution in [-0.4, -0.2) is 14.9 Å². The Bertz CT molecular complexity index is 435. The lowest BCUT2D eigenvalue weighted by Crippen LogP contribution is -2.40. The molecule has 0 saturated heterocycles. The molecule has 24 heavy (non-hydrogen) atoms. The van der Waals surface area contributed by atoms with E-state index in [2.05, 4.69) is 33.9 Å². The van der Waals surface area contributed by atoms with E-state index in [9.17, 15) is 0 Å². The SMILES string of the molecule is [2H][C@@H](CCCC)C([2H])([2H])C([2H])([2H])CCCCCCCCCO[Si](C)(C)C(C)(C)C. The molecule has 1 nitrogen and oxygen atoms in total. The van der Waals surface area contributed by atoms with Crippen LogP contribution in [0.15, 0.2) is 0 Å². The van der Waals surface area contributed by atoms with E-state index in [1.807, 2.05) is 6.92 Å². The smallest absolute Gasteiger partial charge is 0.191 e. The Hall–Kier alpha value is 0.177. The molecule has 146 valence electrons. The second kappa shape index (κ2) is 14.4. The van der Waals surface area contributed by atoms with Gasteiger partial charge in [-0.3, -0.25) is 0 Å². The Kier molecular flexibility index (Phi) is 9.79. The third-order valence-electron chi connectivity index (χ3n) is 5.12. The minimum absolute atomic E-state index is 0.210. The van der Waals surface area contributed by atoms with Crippen molar-refractivity contribution in [2.24, 2.45) is 0 Å². The van der Waals surface area contributed by atoms with E-state index < -0.39 is 27.5 Å². The topological polar surface area (TPSA) is 9.23 Å². The van der Waals surface area contributed by atoms with Gasteiger partial charge in [0.15, 0.2) is 8.32 Å². The largest absolute Gasteiger partial charge is 0.417 e. The van der Waals surface area contributed by atoms with Crippen LogP contribution in [0.25, 0.3) is 0 Å². The molecule has 0 amide bonds. The van der Waals surface area contributed by atoms with E-state index in [1.54, 1.807) is 0 Å². The van der Waals surface area contributed by atoms with Gasteiger partial charge < -0.3 is 4.43 Å². The summed E-state index contributed by atoms with van der Waals surface area (Å²) in [6.45, 7) is 14.3. The molecule has 2 heteroatoms. The summed E-state index contributed by atoms with van der Waals surface area (Å²) in [4.78, 5) is 0. The van der Waals surface area contributed by atoms with Crippen molar-refractivity contribution in [2.75, 3.05) is 6.61 Å². The highest BCUT2D eigenvalue weighted by atomic mass is 28.4. The number of unbranched alkanes of at least 4 members (excludes halogenated alkanes) is 7. The van der Waals surface area contributed by atoms with Crippen molar-refractivity contribution in [3.05, 3.63) is 0 Å². The maximum Gasteiger partial charge on any atom is 0.191 e. The molecule has 0 spiro atoms. The molecule has 0 rings (SSSR count). The first-order chi connectivity index (χ1) is 13.2. The molecule has 0 aliphatic carbocycles. The molecule has 0 aromatic rings. The van der Waals surface area contributed by atoms with Crippen LogP contribution in [0.4, 0.5) is 0 Å². The predicted octanol–water partition coefficient (Wildman–Crippen LogP) is 8.49. The highest BCUT2D eigenvalue weighted by Gasteiger charge is 2.36. The van der Waals surface area contributed by atoms with Crippen LogP contribution in [0.1, 0.15) is 124 Å². The van der Waals surface area contributed by atoms with E-state index in [0.717, 1.165) is 45.1 Å². The van der Waals surface area contributed by atoms with Crippen molar-refractivity contribution >= 4 is 8.32 Å². The fourth-order valence-electron chi connectivity index (χ4n) is 2.27. The lowest BCUT2D eigenvalue weighted by atomic mass is 10.0. The monoisotopic (exact) mass is 361 g/mol. The summed E-state index contributed by atoms with van der Waals surface area (Å²) in [5.41, 5.74) is 0. The van der Waals surface area contributed by atoms with E-state index in [1.165, 1.54) is 12.8 Å². The number of hydrogen-bond donors (Lipinski definition) is 0. The summed E-state index contributed by atoms with van der Waals surface area (Å²) >= 11 is 0. The third-order valence-corrected chi connectivity index (χ3v) is 9.66. The zero-order chi connectivity index (χ0) is 22.8. The highest BCUT2D eigenvalue weighted by Crippen LogP contribution is 2.36. The summed E-state index contributed by atoms with van der Waals surface area (Å²) in [5, 5.41) is 0.267. The van der Waals surface area contributed by atoms with Gasteiger partial charge in [-0.15, -0.1) is 0 Å². The lowest BCUT2D eigenvalue weighted by Gasteiger charge is -2.36. The van der Waals surface area contributed by atoms with E-state index in [-0.39, 0.29) is 11.5 Å². The van der Waals surface area contributed by atoms with Crippen molar-refractivity contribution in [2.45, 2.75) is 136 Å². The lowest BCUT2D eigenvalue weighted by molar-refractivity contribution is 0.277. The van der Waals surface area contributed by atoms with Crippen LogP contribution in [0.5, 0.6) is 0 Å². The molecule has 1 atom stereocenters. The average Bonchev–Trinajstić information content (AvgIpc) is 2.59. The first-order valence-electron chi connectivity index (χ1n) is 12.8. The number of hydrogen-bond acceptors (Lipinski definition) is 1. The van der Waals surface area contributed by atoms with Crippen LogP contribution in [0, 0.1) is 0 Å². The van der Waals surface area contributed by atoms with Gasteiger partial charge in [0.25, 0.3) is 0 Å². The average molecular weight is 362 g/mol. The fourth-order valence-corrected chi connectivity index (χ4v) is 3.35. The van der Waals surface area contributed by atoms with Gasteiger partial charge in [0.05, 0.1) is 0 Å². The second-order valence-electron chi connectivity index (χ2n) is 8.50. The first-order valence-corrected chi connectivity index (χ1v) is 13.2. The molecule has 0 bridgehead atoms. The Balaban J connectivity index is 3.91. The molecule has 0 aliphatic rings. The maximum absolute atomic E-state index is 8.14. The van der Waals surface area contributed by atoms with Crippen molar-refractivity contribution in [3.63, 3.8) is 0 Å². The molecular formula is C22H48OSi. The molecule has 0 saturated carbocycles.